The molecule has 0 spiro atoms. The highest BCUT2D eigenvalue weighted by Crippen LogP contribution is 2.20. The van der Waals surface area contributed by atoms with Crippen LogP contribution in [0, 0.1) is 13.8 Å². The van der Waals surface area contributed by atoms with Crippen LogP contribution in [0.4, 0.5) is 0 Å². The predicted molar refractivity (Wildman–Crippen MR) is 95.9 cm³/mol. The van der Waals surface area contributed by atoms with Crippen molar-refractivity contribution in [1.82, 2.24) is 16.2 Å². The van der Waals surface area contributed by atoms with E-state index in [9.17, 15) is 4.79 Å². The fraction of sp³-hybridized carbons (Fsp3) is 0.500. The smallest absolute Gasteiger partial charge is 0.248 e. The molecule has 1 aromatic rings. The third-order valence-electron chi connectivity index (χ3n) is 3.85. The lowest BCUT2D eigenvalue weighted by molar-refractivity contribution is -0.119. The van der Waals surface area contributed by atoms with Gasteiger partial charge in [-0.05, 0) is 62.2 Å². The minimum Gasteiger partial charge on any atom is -0.359 e. The first-order chi connectivity index (χ1) is 10.5. The highest BCUT2D eigenvalue weighted by molar-refractivity contribution is 8.00. The van der Waals surface area contributed by atoms with Crippen molar-refractivity contribution in [3.8, 4) is 0 Å². The number of rotatable bonds is 4. The second-order valence-corrected chi connectivity index (χ2v) is 7.12. The van der Waals surface area contributed by atoms with Crippen LogP contribution in [-0.4, -0.2) is 22.8 Å². The summed E-state index contributed by atoms with van der Waals surface area (Å²) < 4.78 is 0. The highest BCUT2D eigenvalue weighted by Gasteiger charge is 2.15. The van der Waals surface area contributed by atoms with E-state index in [2.05, 4.69) is 42.1 Å². The maximum absolute atomic E-state index is 11.8. The molecule has 0 heterocycles. The summed E-state index contributed by atoms with van der Waals surface area (Å²) in [6.07, 6.45) is 4.80. The van der Waals surface area contributed by atoms with Gasteiger partial charge in [-0.1, -0.05) is 18.9 Å². The molecule has 2 rings (SSSR count). The largest absolute Gasteiger partial charge is 0.359 e. The molecular formula is C16H23N3OS2. The normalized spacial score (nSPS) is 14.6. The standard InChI is InChI=1S/C16H23N3OS2/c1-11-7-8-14(9-12(11)2)22-10-15(20)18-19-16(21)17-13-5-3-4-6-13/h7-9,13H,3-6,10H2,1-2H3,(H,18,20)(H2,17,19,21). The average Bonchev–Trinajstić information content (AvgIpc) is 2.99. The van der Waals surface area contributed by atoms with Crippen molar-refractivity contribution in [2.45, 2.75) is 50.5 Å². The number of thiocarbonyl (C=S) groups is 1. The molecule has 0 aliphatic heterocycles. The van der Waals surface area contributed by atoms with Crippen LogP contribution in [-0.2, 0) is 4.79 Å². The summed E-state index contributed by atoms with van der Waals surface area (Å²) in [5.74, 6) is 0.278. The Kier molecular flexibility index (Phi) is 6.51. The third kappa shape index (κ3) is 5.50. The van der Waals surface area contributed by atoms with E-state index in [-0.39, 0.29) is 5.91 Å². The van der Waals surface area contributed by atoms with E-state index in [1.807, 2.05) is 6.07 Å². The van der Waals surface area contributed by atoms with Crippen LogP contribution in [0.3, 0.4) is 0 Å². The maximum atomic E-state index is 11.8. The summed E-state index contributed by atoms with van der Waals surface area (Å²) >= 11 is 6.69. The van der Waals surface area contributed by atoms with Crippen molar-refractivity contribution < 1.29 is 4.79 Å². The van der Waals surface area contributed by atoms with Crippen LogP contribution in [0.1, 0.15) is 36.8 Å². The Hall–Kier alpha value is -1.27. The molecule has 120 valence electrons. The molecular weight excluding hydrogens is 314 g/mol. The number of carbonyl (C=O) groups excluding carboxylic acids is 1. The molecule has 1 aliphatic carbocycles. The van der Waals surface area contributed by atoms with Crippen molar-refractivity contribution in [2.24, 2.45) is 0 Å². The van der Waals surface area contributed by atoms with Gasteiger partial charge in [-0.3, -0.25) is 15.6 Å². The zero-order chi connectivity index (χ0) is 15.9. The highest BCUT2D eigenvalue weighted by atomic mass is 32.2. The summed E-state index contributed by atoms with van der Waals surface area (Å²) in [5, 5.41) is 3.72. The van der Waals surface area contributed by atoms with Gasteiger partial charge in [0.2, 0.25) is 5.91 Å². The van der Waals surface area contributed by atoms with Crippen LogP contribution >= 0.6 is 24.0 Å². The van der Waals surface area contributed by atoms with E-state index < -0.39 is 0 Å². The minimum atomic E-state index is -0.0844. The average molecular weight is 338 g/mol. The summed E-state index contributed by atoms with van der Waals surface area (Å²) in [6.45, 7) is 4.16. The van der Waals surface area contributed by atoms with Gasteiger partial charge in [0.15, 0.2) is 5.11 Å². The van der Waals surface area contributed by atoms with Gasteiger partial charge in [0, 0.05) is 10.9 Å². The molecule has 3 N–H and O–H groups in total. The fourth-order valence-electron chi connectivity index (χ4n) is 2.41. The van der Waals surface area contributed by atoms with Crippen LogP contribution in [0.2, 0.25) is 0 Å². The number of nitrogens with one attached hydrogen (secondary N) is 3. The van der Waals surface area contributed by atoms with Gasteiger partial charge in [0.05, 0.1) is 5.75 Å². The lowest BCUT2D eigenvalue weighted by atomic mass is 10.1. The quantitative estimate of drug-likeness (QED) is 0.448. The first-order valence-corrected chi connectivity index (χ1v) is 8.99. The Morgan fingerprint density at radius 3 is 2.64 bits per heavy atom. The molecule has 0 aromatic heterocycles. The van der Waals surface area contributed by atoms with Crippen LogP contribution < -0.4 is 16.2 Å². The lowest BCUT2D eigenvalue weighted by Gasteiger charge is -2.16. The first kappa shape index (κ1) is 17.1. The van der Waals surface area contributed by atoms with E-state index in [1.165, 1.54) is 35.7 Å². The van der Waals surface area contributed by atoms with E-state index in [4.69, 9.17) is 12.2 Å². The van der Waals surface area contributed by atoms with Crippen LogP contribution in [0.5, 0.6) is 0 Å². The predicted octanol–water partition coefficient (Wildman–Crippen LogP) is 2.83. The van der Waals surface area contributed by atoms with E-state index in [0.717, 1.165) is 17.7 Å². The Morgan fingerprint density at radius 2 is 1.95 bits per heavy atom. The molecule has 0 radical (unpaired) electrons. The zero-order valence-corrected chi connectivity index (χ0v) is 14.7. The number of hydrogen-bond donors (Lipinski definition) is 3. The second-order valence-electron chi connectivity index (χ2n) is 5.66. The lowest BCUT2D eigenvalue weighted by Crippen LogP contribution is -2.49. The number of hydrazine groups is 1. The van der Waals surface area contributed by atoms with Crippen LogP contribution in [0.15, 0.2) is 23.1 Å². The third-order valence-corrected chi connectivity index (χ3v) is 5.07. The molecule has 1 aromatic carbocycles. The Balaban J connectivity index is 1.66. The van der Waals surface area contributed by atoms with Crippen molar-refractivity contribution in [3.63, 3.8) is 0 Å². The van der Waals surface area contributed by atoms with Crippen molar-refractivity contribution in [3.05, 3.63) is 29.3 Å². The number of carbonyl (C=O) groups is 1. The molecule has 0 bridgehead atoms. The molecule has 4 nitrogen and oxygen atoms in total. The summed E-state index contributed by atoms with van der Waals surface area (Å²) in [4.78, 5) is 12.9. The maximum Gasteiger partial charge on any atom is 0.248 e. The minimum absolute atomic E-state index is 0.0844. The van der Waals surface area contributed by atoms with Gasteiger partial charge in [0.1, 0.15) is 0 Å². The van der Waals surface area contributed by atoms with Gasteiger partial charge < -0.3 is 5.32 Å². The Bertz CT molecular complexity index is 542. The Morgan fingerprint density at radius 1 is 1.23 bits per heavy atom. The number of hydrogen-bond acceptors (Lipinski definition) is 3. The van der Waals surface area contributed by atoms with Crippen molar-refractivity contribution >= 4 is 35.0 Å². The number of amides is 1. The van der Waals surface area contributed by atoms with Crippen molar-refractivity contribution in [1.29, 1.82) is 0 Å². The molecule has 1 fully saturated rings. The number of benzene rings is 1. The van der Waals surface area contributed by atoms with E-state index in [1.54, 1.807) is 0 Å². The van der Waals surface area contributed by atoms with Crippen LogP contribution in [0.25, 0.3) is 0 Å². The molecule has 1 aliphatic rings. The van der Waals surface area contributed by atoms with Gasteiger partial charge in [-0.2, -0.15) is 0 Å². The second kappa shape index (κ2) is 8.39. The van der Waals surface area contributed by atoms with Gasteiger partial charge in [-0.15, -0.1) is 11.8 Å². The first-order valence-electron chi connectivity index (χ1n) is 7.60. The van der Waals surface area contributed by atoms with Gasteiger partial charge >= 0.3 is 0 Å². The fourth-order valence-corrected chi connectivity index (χ4v) is 3.42. The van der Waals surface area contributed by atoms with Crippen molar-refractivity contribution in [2.75, 3.05) is 5.75 Å². The SMILES string of the molecule is Cc1ccc(SCC(=O)NNC(=S)NC2CCCC2)cc1C. The summed E-state index contributed by atoms with van der Waals surface area (Å²) in [5.41, 5.74) is 7.92. The molecule has 1 amide bonds. The zero-order valence-electron chi connectivity index (χ0n) is 13.1. The summed E-state index contributed by atoms with van der Waals surface area (Å²) in [6, 6.07) is 6.67. The topological polar surface area (TPSA) is 53.2 Å². The van der Waals surface area contributed by atoms with Gasteiger partial charge in [0.25, 0.3) is 0 Å². The molecule has 1 saturated carbocycles. The molecule has 0 unspecified atom stereocenters. The molecule has 22 heavy (non-hydrogen) atoms. The summed E-state index contributed by atoms with van der Waals surface area (Å²) in [7, 11) is 0. The van der Waals surface area contributed by atoms with E-state index >= 15 is 0 Å². The molecule has 0 atom stereocenters. The number of aryl methyl sites for hydroxylation is 2. The number of thioether (sulfide) groups is 1. The van der Waals surface area contributed by atoms with Gasteiger partial charge in [-0.25, -0.2) is 0 Å². The monoisotopic (exact) mass is 337 g/mol. The molecule has 6 heteroatoms. The van der Waals surface area contributed by atoms with E-state index in [0.29, 0.717) is 16.9 Å². The Labute approximate surface area is 141 Å². The molecule has 0 saturated heterocycles.